The fraction of sp³-hybridized carbons (Fsp3) is 0.333. The summed E-state index contributed by atoms with van der Waals surface area (Å²) < 4.78 is 15.4. The molecule has 1 heterocycles. The molecule has 0 spiro atoms. The zero-order valence-electron chi connectivity index (χ0n) is 10.4. The first-order chi connectivity index (χ1) is 8.32. The minimum atomic E-state index is -0.533. The first kappa shape index (κ1) is 12.8. The van der Waals surface area contributed by atoms with E-state index in [2.05, 4.69) is 10.3 Å². The van der Waals surface area contributed by atoms with Crippen LogP contribution in [-0.4, -0.2) is 15.0 Å². The van der Waals surface area contributed by atoms with Gasteiger partial charge in [0.25, 0.3) is 0 Å². The van der Waals surface area contributed by atoms with E-state index in [-0.39, 0.29) is 16.1 Å². The van der Waals surface area contributed by atoms with Gasteiger partial charge in [-0.15, -0.1) is 5.10 Å². The molecule has 1 aromatic carbocycles. The van der Waals surface area contributed by atoms with Crippen LogP contribution in [0.2, 0.25) is 5.02 Å². The second-order valence-electron chi connectivity index (χ2n) is 5.06. The summed E-state index contributed by atoms with van der Waals surface area (Å²) in [6, 6.07) is 4.73. The van der Waals surface area contributed by atoms with Gasteiger partial charge in [-0.2, -0.15) is 0 Å². The maximum Gasteiger partial charge on any atom is 0.170 e. The van der Waals surface area contributed by atoms with Gasteiger partial charge in [0.2, 0.25) is 0 Å². The Kier molecular flexibility index (Phi) is 3.02. The van der Waals surface area contributed by atoms with Gasteiger partial charge >= 0.3 is 0 Å². The predicted octanol–water partition coefficient (Wildman–Crippen LogP) is 2.94. The van der Waals surface area contributed by atoms with E-state index in [9.17, 15) is 4.39 Å². The molecule has 1 aromatic heterocycles. The largest absolute Gasteiger partial charge is 0.381 e. The summed E-state index contributed by atoms with van der Waals surface area (Å²) >= 11 is 5.77. The number of rotatable bonds is 1. The van der Waals surface area contributed by atoms with Gasteiger partial charge in [0.05, 0.1) is 10.7 Å². The molecule has 0 amide bonds. The Balaban J connectivity index is 2.70. The lowest BCUT2D eigenvalue weighted by molar-refractivity contribution is 0.532. The van der Waals surface area contributed by atoms with Crippen LogP contribution in [0.4, 0.5) is 10.2 Å². The number of benzene rings is 1. The van der Waals surface area contributed by atoms with Gasteiger partial charge < -0.3 is 5.73 Å². The molecule has 2 rings (SSSR count). The molecule has 0 aliphatic rings. The first-order valence-corrected chi connectivity index (χ1v) is 5.86. The third-order valence-electron chi connectivity index (χ3n) is 2.57. The lowest BCUT2D eigenvalue weighted by atomic mass is 9.91. The van der Waals surface area contributed by atoms with Crippen molar-refractivity contribution in [2.45, 2.75) is 26.2 Å². The van der Waals surface area contributed by atoms with Gasteiger partial charge in [-0.3, -0.25) is 0 Å². The van der Waals surface area contributed by atoms with E-state index < -0.39 is 5.82 Å². The maximum absolute atomic E-state index is 14.0. The van der Waals surface area contributed by atoms with Crippen molar-refractivity contribution in [3.63, 3.8) is 0 Å². The van der Waals surface area contributed by atoms with Gasteiger partial charge in [0.15, 0.2) is 11.6 Å². The Morgan fingerprint density at radius 2 is 2.00 bits per heavy atom. The summed E-state index contributed by atoms with van der Waals surface area (Å²) in [5.41, 5.74) is 6.40. The molecule has 0 bridgehead atoms. The van der Waals surface area contributed by atoms with Gasteiger partial charge in [-0.05, 0) is 12.1 Å². The van der Waals surface area contributed by atoms with Crippen LogP contribution in [0.15, 0.2) is 18.2 Å². The highest BCUT2D eigenvalue weighted by Gasteiger charge is 2.26. The molecule has 96 valence electrons. The lowest BCUT2D eigenvalue weighted by Crippen LogP contribution is -2.19. The van der Waals surface area contributed by atoms with Gasteiger partial charge in [-0.25, -0.2) is 9.07 Å². The minimum Gasteiger partial charge on any atom is -0.381 e. The normalized spacial score (nSPS) is 11.8. The molecule has 0 saturated heterocycles. The molecule has 0 atom stereocenters. The zero-order valence-corrected chi connectivity index (χ0v) is 11.2. The van der Waals surface area contributed by atoms with E-state index >= 15 is 0 Å². The number of nitrogens with two attached hydrogens (primary N) is 1. The minimum absolute atomic E-state index is 0.0430. The molecule has 2 aromatic rings. The SMILES string of the molecule is CC(C)(C)c1c(N)nnn1-c1cccc(Cl)c1F. The van der Waals surface area contributed by atoms with E-state index in [1.807, 2.05) is 20.8 Å². The maximum atomic E-state index is 14.0. The van der Waals surface area contributed by atoms with Crippen molar-refractivity contribution in [3.05, 3.63) is 34.7 Å². The molecule has 0 fully saturated rings. The summed E-state index contributed by atoms with van der Waals surface area (Å²) in [5.74, 6) is -0.239. The molecule has 2 N–H and O–H groups in total. The molecule has 0 aliphatic carbocycles. The van der Waals surface area contributed by atoms with E-state index in [1.54, 1.807) is 12.1 Å². The molecule has 6 heteroatoms. The number of nitrogen functional groups attached to an aromatic ring is 1. The van der Waals surface area contributed by atoms with E-state index in [0.29, 0.717) is 11.5 Å². The third kappa shape index (κ3) is 2.06. The zero-order chi connectivity index (χ0) is 13.5. The molecule has 0 saturated carbocycles. The van der Waals surface area contributed by atoms with Crippen LogP contribution in [0.25, 0.3) is 5.69 Å². The monoisotopic (exact) mass is 268 g/mol. The topological polar surface area (TPSA) is 56.7 Å². The van der Waals surface area contributed by atoms with Gasteiger partial charge in [-0.1, -0.05) is 43.7 Å². The average Bonchev–Trinajstić information content (AvgIpc) is 2.64. The van der Waals surface area contributed by atoms with E-state index in [0.717, 1.165) is 0 Å². The van der Waals surface area contributed by atoms with Crippen LogP contribution in [0.5, 0.6) is 0 Å². The van der Waals surface area contributed by atoms with Crippen molar-refractivity contribution in [1.82, 2.24) is 15.0 Å². The summed E-state index contributed by atoms with van der Waals surface area (Å²) in [7, 11) is 0. The Morgan fingerprint density at radius 3 is 2.61 bits per heavy atom. The van der Waals surface area contributed by atoms with Crippen LogP contribution in [0, 0.1) is 5.82 Å². The highest BCUT2D eigenvalue weighted by Crippen LogP contribution is 2.30. The number of nitrogens with zero attached hydrogens (tertiary/aromatic N) is 3. The summed E-state index contributed by atoms with van der Waals surface area (Å²) in [6.07, 6.45) is 0. The molecular weight excluding hydrogens is 255 g/mol. The molecule has 0 unspecified atom stereocenters. The third-order valence-corrected chi connectivity index (χ3v) is 2.86. The van der Waals surface area contributed by atoms with Crippen molar-refractivity contribution in [2.75, 3.05) is 5.73 Å². The second-order valence-corrected chi connectivity index (χ2v) is 5.47. The highest BCUT2D eigenvalue weighted by molar-refractivity contribution is 6.30. The molecule has 0 aliphatic heterocycles. The quantitative estimate of drug-likeness (QED) is 0.865. The van der Waals surface area contributed by atoms with E-state index in [4.69, 9.17) is 17.3 Å². The Morgan fingerprint density at radius 1 is 1.33 bits per heavy atom. The number of aromatic nitrogens is 3. The number of anilines is 1. The van der Waals surface area contributed by atoms with Crippen LogP contribution in [0.3, 0.4) is 0 Å². The standard InChI is InChI=1S/C12H14ClFN4/c1-12(2,3)10-11(15)16-17-18(10)8-6-4-5-7(13)9(8)14/h4-6H,15H2,1-3H3. The molecule has 18 heavy (non-hydrogen) atoms. The number of halogens is 2. The summed E-state index contributed by atoms with van der Waals surface area (Å²) in [5, 5.41) is 7.75. The fourth-order valence-electron chi connectivity index (χ4n) is 1.82. The Labute approximate surface area is 110 Å². The van der Waals surface area contributed by atoms with Crippen molar-refractivity contribution in [2.24, 2.45) is 0 Å². The fourth-order valence-corrected chi connectivity index (χ4v) is 1.99. The Hall–Kier alpha value is -1.62. The highest BCUT2D eigenvalue weighted by atomic mass is 35.5. The molecule has 4 nitrogen and oxygen atoms in total. The van der Waals surface area contributed by atoms with E-state index in [1.165, 1.54) is 10.7 Å². The second kappa shape index (κ2) is 4.24. The van der Waals surface area contributed by atoms with Gasteiger partial charge in [0.1, 0.15) is 5.69 Å². The van der Waals surface area contributed by atoms with Crippen molar-refractivity contribution in [1.29, 1.82) is 0 Å². The Bertz CT molecular complexity index is 586. The van der Waals surface area contributed by atoms with Gasteiger partial charge in [0, 0.05) is 5.41 Å². The number of hydrogen-bond acceptors (Lipinski definition) is 3. The van der Waals surface area contributed by atoms with Crippen molar-refractivity contribution >= 4 is 17.4 Å². The van der Waals surface area contributed by atoms with Crippen molar-refractivity contribution < 1.29 is 4.39 Å². The summed E-state index contributed by atoms with van der Waals surface area (Å²) in [6.45, 7) is 5.88. The van der Waals surface area contributed by atoms with Crippen LogP contribution in [0.1, 0.15) is 26.5 Å². The lowest BCUT2D eigenvalue weighted by Gasteiger charge is -2.20. The first-order valence-electron chi connectivity index (χ1n) is 5.48. The smallest absolute Gasteiger partial charge is 0.170 e. The molecular formula is C12H14ClFN4. The van der Waals surface area contributed by atoms with Crippen molar-refractivity contribution in [3.8, 4) is 5.69 Å². The van der Waals surface area contributed by atoms with Crippen LogP contribution < -0.4 is 5.73 Å². The average molecular weight is 269 g/mol. The summed E-state index contributed by atoms with van der Waals surface area (Å²) in [4.78, 5) is 0. The number of hydrogen-bond donors (Lipinski definition) is 1. The van der Waals surface area contributed by atoms with Crippen LogP contribution in [-0.2, 0) is 5.41 Å². The predicted molar refractivity (Wildman–Crippen MR) is 69.4 cm³/mol. The van der Waals surface area contributed by atoms with Crippen LogP contribution >= 0.6 is 11.6 Å². The molecule has 0 radical (unpaired) electrons.